The van der Waals surface area contributed by atoms with Crippen molar-refractivity contribution < 1.29 is 0 Å². The minimum Gasteiger partial charge on any atom is -0.324 e. The number of hydrogen-bond acceptors (Lipinski definition) is 3. The topological polar surface area (TPSA) is 56.7 Å². The highest BCUT2D eigenvalue weighted by atomic mass is 15.3. The van der Waals surface area contributed by atoms with E-state index in [1.54, 1.807) is 4.68 Å². The zero-order valence-corrected chi connectivity index (χ0v) is 11.4. The fourth-order valence-electron chi connectivity index (χ4n) is 1.89. The average Bonchev–Trinajstić information content (AvgIpc) is 2.70. The van der Waals surface area contributed by atoms with Gasteiger partial charge in [-0.2, -0.15) is 5.10 Å². The Balaban J connectivity index is 2.37. The third kappa shape index (κ3) is 2.43. The molecule has 0 aliphatic rings. The van der Waals surface area contributed by atoms with Gasteiger partial charge in [-0.3, -0.25) is 0 Å². The lowest BCUT2D eigenvalue weighted by molar-refractivity contribution is 0.590. The molecule has 2 aromatic rings. The van der Waals surface area contributed by atoms with Gasteiger partial charge in [-0.05, 0) is 11.0 Å². The van der Waals surface area contributed by atoms with Crippen molar-refractivity contribution in [1.29, 1.82) is 0 Å². The van der Waals surface area contributed by atoms with Crippen LogP contribution < -0.4 is 5.73 Å². The van der Waals surface area contributed by atoms with Gasteiger partial charge < -0.3 is 5.73 Å². The Hall–Kier alpha value is -1.68. The third-order valence-electron chi connectivity index (χ3n) is 3.00. The Labute approximate surface area is 108 Å². The van der Waals surface area contributed by atoms with E-state index in [0.717, 1.165) is 11.4 Å². The van der Waals surface area contributed by atoms with Crippen LogP contribution in [0.3, 0.4) is 0 Å². The summed E-state index contributed by atoms with van der Waals surface area (Å²) in [6.07, 6.45) is 0. The molecular formula is C14H20N4. The zero-order chi connectivity index (χ0) is 13.3. The van der Waals surface area contributed by atoms with Gasteiger partial charge in [0.1, 0.15) is 0 Å². The molecule has 1 heterocycles. The van der Waals surface area contributed by atoms with Crippen molar-refractivity contribution in [2.45, 2.75) is 32.7 Å². The lowest BCUT2D eigenvalue weighted by Gasteiger charge is -2.18. The molecule has 1 aromatic carbocycles. The van der Waals surface area contributed by atoms with Crippen LogP contribution in [-0.2, 0) is 19.0 Å². The number of rotatable bonds is 2. The van der Waals surface area contributed by atoms with E-state index in [9.17, 15) is 0 Å². The highest BCUT2D eigenvalue weighted by molar-refractivity contribution is 5.56. The first-order valence-corrected chi connectivity index (χ1v) is 6.12. The number of aromatic nitrogens is 3. The van der Waals surface area contributed by atoms with Gasteiger partial charge in [-0.15, -0.1) is 0 Å². The molecule has 2 rings (SSSR count). The van der Waals surface area contributed by atoms with Crippen molar-refractivity contribution in [3.8, 4) is 11.4 Å². The van der Waals surface area contributed by atoms with E-state index in [2.05, 4.69) is 55.1 Å². The van der Waals surface area contributed by atoms with Gasteiger partial charge in [0.25, 0.3) is 0 Å². The quantitative estimate of drug-likeness (QED) is 0.881. The molecule has 0 saturated heterocycles. The van der Waals surface area contributed by atoms with E-state index in [-0.39, 0.29) is 5.41 Å². The predicted octanol–water partition coefficient (Wildman–Crippen LogP) is 2.24. The average molecular weight is 244 g/mol. The molecule has 0 atom stereocenters. The van der Waals surface area contributed by atoms with Crippen LogP contribution in [0.1, 0.15) is 32.2 Å². The van der Waals surface area contributed by atoms with Crippen LogP contribution in [0.5, 0.6) is 0 Å². The SMILES string of the molecule is Cn1nc(CN)nc1-c1ccc(C(C)(C)C)cc1. The first-order chi connectivity index (χ1) is 8.41. The Morgan fingerprint density at radius 2 is 1.78 bits per heavy atom. The van der Waals surface area contributed by atoms with Crippen molar-refractivity contribution in [3.63, 3.8) is 0 Å². The molecule has 1 aromatic heterocycles. The second-order valence-corrected chi connectivity index (χ2v) is 5.51. The van der Waals surface area contributed by atoms with Crippen LogP contribution in [0.4, 0.5) is 0 Å². The van der Waals surface area contributed by atoms with Gasteiger partial charge >= 0.3 is 0 Å². The lowest BCUT2D eigenvalue weighted by Crippen LogP contribution is -2.10. The fourth-order valence-corrected chi connectivity index (χ4v) is 1.89. The Morgan fingerprint density at radius 1 is 1.17 bits per heavy atom. The minimum absolute atomic E-state index is 0.167. The van der Waals surface area contributed by atoms with Gasteiger partial charge in [-0.1, -0.05) is 45.0 Å². The van der Waals surface area contributed by atoms with Gasteiger partial charge in [0.2, 0.25) is 0 Å². The number of hydrogen-bond donors (Lipinski definition) is 1. The summed E-state index contributed by atoms with van der Waals surface area (Å²) >= 11 is 0. The number of benzene rings is 1. The van der Waals surface area contributed by atoms with Crippen LogP contribution in [-0.4, -0.2) is 14.8 Å². The van der Waals surface area contributed by atoms with Crippen LogP contribution in [0, 0.1) is 0 Å². The highest BCUT2D eigenvalue weighted by Crippen LogP contribution is 2.25. The molecule has 96 valence electrons. The molecule has 0 aliphatic carbocycles. The van der Waals surface area contributed by atoms with Crippen molar-refractivity contribution >= 4 is 0 Å². The largest absolute Gasteiger partial charge is 0.324 e. The molecular weight excluding hydrogens is 224 g/mol. The maximum atomic E-state index is 5.55. The van der Waals surface area contributed by atoms with Crippen LogP contribution in [0.25, 0.3) is 11.4 Å². The summed E-state index contributed by atoms with van der Waals surface area (Å²) in [5.74, 6) is 1.53. The standard InChI is InChI=1S/C14H20N4/c1-14(2,3)11-7-5-10(6-8-11)13-16-12(9-15)17-18(13)4/h5-8H,9,15H2,1-4H3. The van der Waals surface area contributed by atoms with Gasteiger partial charge in [-0.25, -0.2) is 9.67 Å². The molecule has 0 bridgehead atoms. The number of aryl methyl sites for hydroxylation is 1. The number of nitrogens with zero attached hydrogens (tertiary/aromatic N) is 3. The Kier molecular flexibility index (Phi) is 3.22. The summed E-state index contributed by atoms with van der Waals surface area (Å²) in [5, 5.41) is 4.26. The predicted molar refractivity (Wildman–Crippen MR) is 73.0 cm³/mol. The second kappa shape index (κ2) is 4.53. The smallest absolute Gasteiger partial charge is 0.164 e. The van der Waals surface area contributed by atoms with Crippen molar-refractivity contribution in [2.24, 2.45) is 12.8 Å². The maximum Gasteiger partial charge on any atom is 0.164 e. The van der Waals surface area contributed by atoms with Gasteiger partial charge in [0.05, 0.1) is 6.54 Å². The van der Waals surface area contributed by atoms with Crippen LogP contribution in [0.15, 0.2) is 24.3 Å². The van der Waals surface area contributed by atoms with Crippen molar-refractivity contribution in [2.75, 3.05) is 0 Å². The van der Waals surface area contributed by atoms with Crippen LogP contribution >= 0.6 is 0 Å². The summed E-state index contributed by atoms with van der Waals surface area (Å²) in [6, 6.07) is 8.47. The summed E-state index contributed by atoms with van der Waals surface area (Å²) in [7, 11) is 1.89. The normalized spacial score (nSPS) is 11.8. The molecule has 4 heteroatoms. The van der Waals surface area contributed by atoms with E-state index >= 15 is 0 Å². The minimum atomic E-state index is 0.167. The van der Waals surface area contributed by atoms with E-state index in [1.165, 1.54) is 5.56 Å². The molecule has 0 saturated carbocycles. The Morgan fingerprint density at radius 3 is 2.22 bits per heavy atom. The molecule has 0 spiro atoms. The van der Waals surface area contributed by atoms with E-state index in [1.807, 2.05) is 7.05 Å². The first kappa shape index (κ1) is 12.8. The number of nitrogens with two attached hydrogens (primary N) is 1. The molecule has 0 radical (unpaired) electrons. The third-order valence-corrected chi connectivity index (χ3v) is 3.00. The van der Waals surface area contributed by atoms with Gasteiger partial charge in [0.15, 0.2) is 11.6 Å². The summed E-state index contributed by atoms with van der Waals surface area (Å²) in [6.45, 7) is 6.98. The maximum absolute atomic E-state index is 5.55. The second-order valence-electron chi connectivity index (χ2n) is 5.51. The lowest BCUT2D eigenvalue weighted by atomic mass is 9.87. The molecule has 0 fully saturated rings. The van der Waals surface area contributed by atoms with Gasteiger partial charge in [0, 0.05) is 12.6 Å². The molecule has 18 heavy (non-hydrogen) atoms. The highest BCUT2D eigenvalue weighted by Gasteiger charge is 2.14. The summed E-state index contributed by atoms with van der Waals surface area (Å²) in [5.41, 5.74) is 8.10. The van der Waals surface area contributed by atoms with Crippen molar-refractivity contribution in [1.82, 2.24) is 14.8 Å². The van der Waals surface area contributed by atoms with Crippen LogP contribution in [0.2, 0.25) is 0 Å². The first-order valence-electron chi connectivity index (χ1n) is 6.12. The van der Waals surface area contributed by atoms with E-state index < -0.39 is 0 Å². The molecule has 4 nitrogen and oxygen atoms in total. The zero-order valence-electron chi connectivity index (χ0n) is 11.4. The summed E-state index contributed by atoms with van der Waals surface area (Å²) in [4.78, 5) is 4.42. The molecule has 0 amide bonds. The Bertz CT molecular complexity index is 532. The monoisotopic (exact) mass is 244 g/mol. The molecule has 0 aliphatic heterocycles. The fraction of sp³-hybridized carbons (Fsp3) is 0.429. The van der Waals surface area contributed by atoms with Crippen molar-refractivity contribution in [3.05, 3.63) is 35.7 Å². The molecule has 2 N–H and O–H groups in total. The molecule has 0 unspecified atom stereocenters. The summed E-state index contributed by atoms with van der Waals surface area (Å²) < 4.78 is 1.77. The van der Waals surface area contributed by atoms with E-state index in [0.29, 0.717) is 12.4 Å². The van der Waals surface area contributed by atoms with E-state index in [4.69, 9.17) is 5.73 Å².